The van der Waals surface area contributed by atoms with E-state index in [1.807, 2.05) is 18.3 Å². The van der Waals surface area contributed by atoms with Crippen LogP contribution in [0.15, 0.2) is 42.6 Å². The summed E-state index contributed by atoms with van der Waals surface area (Å²) in [5, 5.41) is 0. The van der Waals surface area contributed by atoms with Crippen molar-refractivity contribution in [2.45, 2.75) is 19.6 Å². The zero-order chi connectivity index (χ0) is 13.7. The minimum atomic E-state index is -0.406. The third-order valence-electron chi connectivity index (χ3n) is 3.15. The van der Waals surface area contributed by atoms with Crippen LogP contribution in [0.5, 0.6) is 0 Å². The van der Waals surface area contributed by atoms with Gasteiger partial charge in [-0.2, -0.15) is 0 Å². The van der Waals surface area contributed by atoms with Gasteiger partial charge in [0.2, 0.25) is 6.29 Å². The Labute approximate surface area is 114 Å². The monoisotopic (exact) mass is 257 g/mol. The normalized spacial score (nSPS) is 10.9. The van der Waals surface area contributed by atoms with Gasteiger partial charge in [0.05, 0.1) is 5.69 Å². The molecule has 0 aliphatic rings. The third kappa shape index (κ3) is 3.19. The van der Waals surface area contributed by atoms with Crippen LogP contribution in [0.25, 0.3) is 11.1 Å². The lowest BCUT2D eigenvalue weighted by Crippen LogP contribution is -2.05. The van der Waals surface area contributed by atoms with Crippen molar-refractivity contribution < 1.29 is 9.47 Å². The molecule has 0 spiro atoms. The lowest BCUT2D eigenvalue weighted by Gasteiger charge is -2.12. The van der Waals surface area contributed by atoms with Crippen LogP contribution in [0.3, 0.4) is 0 Å². The van der Waals surface area contributed by atoms with Gasteiger partial charge in [0.25, 0.3) is 0 Å². The zero-order valence-corrected chi connectivity index (χ0v) is 11.6. The molecule has 0 atom stereocenters. The molecule has 0 unspecified atom stereocenters. The Morgan fingerprint density at radius 2 is 1.58 bits per heavy atom. The minimum Gasteiger partial charge on any atom is -0.350 e. The molecule has 2 aromatic rings. The Morgan fingerprint density at radius 1 is 0.947 bits per heavy atom. The van der Waals surface area contributed by atoms with Gasteiger partial charge in [0.1, 0.15) is 0 Å². The van der Waals surface area contributed by atoms with Crippen LogP contribution in [0.2, 0.25) is 0 Å². The summed E-state index contributed by atoms with van der Waals surface area (Å²) in [7, 11) is 3.21. The fraction of sp³-hybridized carbons (Fsp3) is 0.312. The summed E-state index contributed by atoms with van der Waals surface area (Å²) >= 11 is 0. The highest BCUT2D eigenvalue weighted by atomic mass is 16.7. The highest BCUT2D eigenvalue weighted by molar-refractivity contribution is 5.62. The molecule has 0 aliphatic carbocycles. The molecule has 2 rings (SSSR count). The quantitative estimate of drug-likeness (QED) is 0.767. The van der Waals surface area contributed by atoms with Crippen molar-refractivity contribution in [3.05, 3.63) is 53.9 Å². The maximum atomic E-state index is 5.18. The fourth-order valence-corrected chi connectivity index (χ4v) is 1.99. The maximum Gasteiger partial charge on any atom is 0.200 e. The predicted octanol–water partition coefficient (Wildman–Crippen LogP) is 3.60. The van der Waals surface area contributed by atoms with E-state index in [1.54, 1.807) is 14.2 Å². The van der Waals surface area contributed by atoms with Crippen molar-refractivity contribution >= 4 is 0 Å². The van der Waals surface area contributed by atoms with Gasteiger partial charge in [-0.25, -0.2) is 0 Å². The summed E-state index contributed by atoms with van der Waals surface area (Å²) in [6.07, 6.45) is 2.50. The first-order valence-electron chi connectivity index (χ1n) is 6.39. The van der Waals surface area contributed by atoms with E-state index in [2.05, 4.69) is 36.2 Å². The molecule has 1 heterocycles. The molecule has 3 nitrogen and oxygen atoms in total. The van der Waals surface area contributed by atoms with Crippen LogP contribution >= 0.6 is 0 Å². The van der Waals surface area contributed by atoms with Gasteiger partial charge in [0, 0.05) is 26.0 Å². The minimum absolute atomic E-state index is 0.406. The van der Waals surface area contributed by atoms with Gasteiger partial charge in [-0.15, -0.1) is 0 Å². The van der Waals surface area contributed by atoms with Gasteiger partial charge in [-0.3, -0.25) is 4.98 Å². The zero-order valence-electron chi connectivity index (χ0n) is 11.6. The van der Waals surface area contributed by atoms with E-state index < -0.39 is 6.29 Å². The molecule has 3 heteroatoms. The maximum absolute atomic E-state index is 5.18. The Morgan fingerprint density at radius 3 is 2.05 bits per heavy atom. The highest BCUT2D eigenvalue weighted by Crippen LogP contribution is 2.22. The van der Waals surface area contributed by atoms with Crippen LogP contribution in [-0.4, -0.2) is 19.2 Å². The molecule has 0 radical (unpaired) electrons. The van der Waals surface area contributed by atoms with E-state index in [0.717, 1.165) is 17.7 Å². The number of ether oxygens (including phenoxy) is 2. The van der Waals surface area contributed by atoms with Crippen LogP contribution < -0.4 is 0 Å². The van der Waals surface area contributed by atoms with Crippen LogP contribution in [-0.2, 0) is 15.9 Å². The molecule has 19 heavy (non-hydrogen) atoms. The van der Waals surface area contributed by atoms with Crippen LogP contribution in [0.1, 0.15) is 24.5 Å². The number of benzene rings is 1. The first-order chi connectivity index (χ1) is 9.28. The summed E-state index contributed by atoms with van der Waals surface area (Å²) in [4.78, 5) is 4.39. The average Bonchev–Trinajstić information content (AvgIpc) is 2.49. The Kier molecular flexibility index (Phi) is 4.66. The highest BCUT2D eigenvalue weighted by Gasteiger charge is 2.10. The number of nitrogens with zero attached hydrogens (tertiary/aromatic N) is 1. The number of methoxy groups -OCH3 is 2. The molecule has 0 saturated heterocycles. The molecule has 1 aromatic carbocycles. The average molecular weight is 257 g/mol. The first-order valence-corrected chi connectivity index (χ1v) is 6.39. The van der Waals surface area contributed by atoms with Gasteiger partial charge in [-0.05, 0) is 23.6 Å². The fourth-order valence-electron chi connectivity index (χ4n) is 1.99. The molecular formula is C16H19NO2. The number of aryl methyl sites for hydroxylation is 1. The second kappa shape index (κ2) is 6.45. The number of hydrogen-bond donors (Lipinski definition) is 0. The first kappa shape index (κ1) is 13.7. The van der Waals surface area contributed by atoms with Crippen molar-refractivity contribution in [2.75, 3.05) is 14.2 Å². The largest absolute Gasteiger partial charge is 0.350 e. The molecule has 1 aromatic heterocycles. The standard InChI is InChI=1S/C16H19NO2/c1-4-12-5-7-13(8-6-12)14-9-10-15(17-11-14)16(18-2)19-3/h5-11,16H,4H2,1-3H3. The molecular weight excluding hydrogens is 238 g/mol. The molecule has 0 amide bonds. The number of hydrogen-bond acceptors (Lipinski definition) is 3. The van der Waals surface area contributed by atoms with E-state index in [-0.39, 0.29) is 0 Å². The second-order valence-corrected chi connectivity index (χ2v) is 4.33. The molecule has 0 bridgehead atoms. The van der Waals surface area contributed by atoms with E-state index in [9.17, 15) is 0 Å². The van der Waals surface area contributed by atoms with Crippen molar-refractivity contribution in [1.29, 1.82) is 0 Å². The van der Waals surface area contributed by atoms with Gasteiger partial charge >= 0.3 is 0 Å². The van der Waals surface area contributed by atoms with Gasteiger partial charge in [0.15, 0.2) is 0 Å². The number of pyridine rings is 1. The predicted molar refractivity (Wildman–Crippen MR) is 75.8 cm³/mol. The van der Waals surface area contributed by atoms with Crippen molar-refractivity contribution in [1.82, 2.24) is 4.98 Å². The van der Waals surface area contributed by atoms with E-state index in [4.69, 9.17) is 9.47 Å². The number of rotatable bonds is 5. The molecule has 100 valence electrons. The van der Waals surface area contributed by atoms with Crippen molar-refractivity contribution in [2.24, 2.45) is 0 Å². The summed E-state index contributed by atoms with van der Waals surface area (Å²) in [5.74, 6) is 0. The lowest BCUT2D eigenvalue weighted by molar-refractivity contribution is -0.108. The van der Waals surface area contributed by atoms with Crippen LogP contribution in [0.4, 0.5) is 0 Å². The summed E-state index contributed by atoms with van der Waals surface area (Å²) < 4.78 is 10.4. The number of aromatic nitrogens is 1. The SMILES string of the molecule is CCc1ccc(-c2ccc(C(OC)OC)nc2)cc1. The smallest absolute Gasteiger partial charge is 0.200 e. The lowest BCUT2D eigenvalue weighted by atomic mass is 10.0. The molecule has 0 fully saturated rings. The molecule has 0 saturated carbocycles. The van der Waals surface area contributed by atoms with Crippen LogP contribution in [0, 0.1) is 0 Å². The third-order valence-corrected chi connectivity index (χ3v) is 3.15. The Balaban J connectivity index is 2.21. The Bertz CT molecular complexity index is 501. The van der Waals surface area contributed by atoms with Gasteiger partial charge < -0.3 is 9.47 Å². The van der Waals surface area contributed by atoms with Crippen molar-refractivity contribution in [3.8, 4) is 11.1 Å². The van der Waals surface area contributed by atoms with E-state index in [0.29, 0.717) is 0 Å². The molecule has 0 aliphatic heterocycles. The topological polar surface area (TPSA) is 31.4 Å². The molecule has 0 N–H and O–H groups in total. The Hall–Kier alpha value is -1.71. The summed E-state index contributed by atoms with van der Waals surface area (Å²) in [6.45, 7) is 2.15. The van der Waals surface area contributed by atoms with E-state index >= 15 is 0 Å². The van der Waals surface area contributed by atoms with Crippen molar-refractivity contribution in [3.63, 3.8) is 0 Å². The van der Waals surface area contributed by atoms with E-state index in [1.165, 1.54) is 11.1 Å². The summed E-state index contributed by atoms with van der Waals surface area (Å²) in [6, 6.07) is 12.5. The van der Waals surface area contributed by atoms with Gasteiger partial charge in [-0.1, -0.05) is 37.3 Å². The summed E-state index contributed by atoms with van der Waals surface area (Å²) in [5.41, 5.74) is 4.38. The second-order valence-electron chi connectivity index (χ2n) is 4.33.